The zero-order chi connectivity index (χ0) is 28.0. The van der Waals surface area contributed by atoms with Crippen LogP contribution in [0.1, 0.15) is 45.7 Å². The summed E-state index contributed by atoms with van der Waals surface area (Å²) >= 11 is 6.45. The van der Waals surface area contributed by atoms with Gasteiger partial charge in [-0.05, 0) is 56.2 Å². The van der Waals surface area contributed by atoms with Crippen LogP contribution in [-0.2, 0) is 27.8 Å². The number of nitrogens with zero attached hydrogens (tertiary/aromatic N) is 3. The van der Waals surface area contributed by atoms with Crippen LogP contribution < -0.4 is 16.1 Å². The molecule has 1 aromatic carbocycles. The molecule has 210 valence electrons. The van der Waals surface area contributed by atoms with Crippen LogP contribution in [0.3, 0.4) is 0 Å². The van der Waals surface area contributed by atoms with Crippen LogP contribution in [-0.4, -0.2) is 76.6 Å². The van der Waals surface area contributed by atoms with Crippen molar-refractivity contribution in [2.75, 3.05) is 19.6 Å². The maximum absolute atomic E-state index is 13.7. The fraction of sp³-hybridized carbons (Fsp3) is 0.423. The number of piperazine rings is 1. The van der Waals surface area contributed by atoms with E-state index < -0.39 is 10.0 Å². The highest BCUT2D eigenvalue weighted by Crippen LogP contribution is 2.29. The minimum atomic E-state index is -3.85. The van der Waals surface area contributed by atoms with E-state index in [1.165, 1.54) is 15.6 Å². The summed E-state index contributed by atoms with van der Waals surface area (Å²) < 4.78 is 28.9. The second-order valence-electron chi connectivity index (χ2n) is 10.3. The van der Waals surface area contributed by atoms with Crippen molar-refractivity contribution < 1.29 is 18.0 Å². The van der Waals surface area contributed by atoms with Gasteiger partial charge in [-0.2, -0.15) is 4.31 Å². The number of carbonyl (C=O) groups is 1. The summed E-state index contributed by atoms with van der Waals surface area (Å²) in [5, 5.41) is 7.97. The number of terminal acetylenes is 1. The second-order valence-corrected chi connectivity index (χ2v) is 13.6. The van der Waals surface area contributed by atoms with Gasteiger partial charge in [0.2, 0.25) is 0 Å². The number of hydrogen-bond donors (Lipinski definition) is 4. The van der Waals surface area contributed by atoms with E-state index in [0.717, 1.165) is 22.4 Å². The Balaban J connectivity index is 1.24. The lowest BCUT2D eigenvalue weighted by atomic mass is 10.1. The van der Waals surface area contributed by atoms with E-state index in [0.29, 0.717) is 41.5 Å². The molecule has 5 heterocycles. The molecule has 4 N–H and O–H groups in total. The first-order chi connectivity index (χ1) is 19.2. The van der Waals surface area contributed by atoms with E-state index in [1.807, 2.05) is 0 Å². The van der Waals surface area contributed by atoms with Gasteiger partial charge in [0.1, 0.15) is 11.2 Å². The largest absolute Gasteiger partial charge is 0.376 e. The van der Waals surface area contributed by atoms with Crippen molar-refractivity contribution in [2.24, 2.45) is 0 Å². The topological polar surface area (TPSA) is 132 Å². The van der Waals surface area contributed by atoms with Gasteiger partial charge in [0.05, 0.1) is 5.69 Å². The molecule has 0 saturated carbocycles. The molecule has 3 aliphatic rings. The normalized spacial score (nSPS) is 23.4. The maximum Gasteiger partial charge on any atom is 0.283 e. The quantitative estimate of drug-likeness (QED) is 0.247. The highest BCUT2D eigenvalue weighted by Gasteiger charge is 2.39. The molecule has 40 heavy (non-hydrogen) atoms. The summed E-state index contributed by atoms with van der Waals surface area (Å²) in [5.74, 6) is 2.41. The second kappa shape index (κ2) is 10.7. The predicted octanol–water partition coefficient (Wildman–Crippen LogP) is 1.67. The van der Waals surface area contributed by atoms with Crippen molar-refractivity contribution in [2.45, 2.75) is 56.0 Å². The summed E-state index contributed by atoms with van der Waals surface area (Å²) in [7, 11) is -3.85. The number of hydroxylamine groups is 1. The number of thiocarbonyl (C=S) groups is 1. The highest BCUT2D eigenvalue weighted by atomic mass is 32.2. The Morgan fingerprint density at radius 1 is 1.30 bits per heavy atom. The van der Waals surface area contributed by atoms with Crippen molar-refractivity contribution >= 4 is 55.6 Å². The molecule has 3 aliphatic heterocycles. The van der Waals surface area contributed by atoms with Gasteiger partial charge in [-0.25, -0.2) is 13.4 Å². The molecule has 1 amide bonds. The number of H-pyrrole nitrogens is 1. The van der Waals surface area contributed by atoms with Gasteiger partial charge in [0, 0.05) is 66.0 Å². The first-order valence-corrected chi connectivity index (χ1v) is 15.7. The fourth-order valence-electron chi connectivity index (χ4n) is 5.37. The smallest absolute Gasteiger partial charge is 0.283 e. The minimum absolute atomic E-state index is 0.0993. The Kier molecular flexibility index (Phi) is 7.28. The molecule has 2 aromatic heterocycles. The average molecular weight is 600 g/mol. The minimum Gasteiger partial charge on any atom is -0.376 e. The molecule has 3 aromatic rings. The van der Waals surface area contributed by atoms with Gasteiger partial charge in [0.25, 0.3) is 21.1 Å². The Labute approximate surface area is 241 Å². The molecule has 3 atom stereocenters. The average Bonchev–Trinajstić information content (AvgIpc) is 3.68. The Morgan fingerprint density at radius 3 is 2.92 bits per heavy atom. The number of rotatable bonds is 6. The van der Waals surface area contributed by atoms with E-state index in [-0.39, 0.29) is 47.9 Å². The van der Waals surface area contributed by atoms with Crippen LogP contribution in [0.15, 0.2) is 29.3 Å². The number of nitrogens with one attached hydrogen (secondary N) is 4. The summed E-state index contributed by atoms with van der Waals surface area (Å²) in [6.07, 6.45) is 7.16. The lowest BCUT2D eigenvalue weighted by molar-refractivity contribution is 0.0535. The van der Waals surface area contributed by atoms with Crippen LogP contribution in [0.25, 0.3) is 10.9 Å². The van der Waals surface area contributed by atoms with Crippen molar-refractivity contribution in [3.63, 3.8) is 0 Å². The molecule has 11 nitrogen and oxygen atoms in total. The molecule has 2 fully saturated rings. The summed E-state index contributed by atoms with van der Waals surface area (Å²) in [4.78, 5) is 29.4. The molecule has 2 saturated heterocycles. The van der Waals surface area contributed by atoms with Gasteiger partial charge in [-0.3, -0.25) is 4.79 Å². The Hall–Kier alpha value is -3.06. The highest BCUT2D eigenvalue weighted by molar-refractivity contribution is 7.89. The number of aromatic nitrogens is 2. The summed E-state index contributed by atoms with van der Waals surface area (Å²) in [5.41, 5.74) is 5.16. The SMILES string of the molecule is C#Cc1ccc2[nH]c(S(=O)(=O)N3CCN(C(=O)c4nc5c(s4)CNC(C)C5)C(CCC4NOC(=S)N4)C3)cc2c1. The van der Waals surface area contributed by atoms with Crippen LogP contribution in [0.5, 0.6) is 0 Å². The third-order valence-electron chi connectivity index (χ3n) is 7.53. The predicted molar refractivity (Wildman–Crippen MR) is 155 cm³/mol. The monoisotopic (exact) mass is 599 g/mol. The summed E-state index contributed by atoms with van der Waals surface area (Å²) in [6.45, 7) is 3.38. The molecular weight excluding hydrogens is 571 g/mol. The number of sulfonamides is 1. The van der Waals surface area contributed by atoms with Crippen LogP contribution in [0.2, 0.25) is 0 Å². The third kappa shape index (κ3) is 5.20. The number of carbonyl (C=O) groups excluding carboxylic acids is 1. The van der Waals surface area contributed by atoms with Gasteiger partial charge in [-0.15, -0.1) is 23.2 Å². The van der Waals surface area contributed by atoms with Crippen molar-refractivity contribution in [3.8, 4) is 12.3 Å². The molecular formula is C26H29N7O4S3. The van der Waals surface area contributed by atoms with Crippen molar-refractivity contribution in [1.82, 2.24) is 35.3 Å². The van der Waals surface area contributed by atoms with E-state index in [4.69, 9.17) is 23.5 Å². The number of thiazole rings is 1. The van der Waals surface area contributed by atoms with Gasteiger partial charge in [0.15, 0.2) is 5.01 Å². The van der Waals surface area contributed by atoms with E-state index in [9.17, 15) is 13.2 Å². The number of aromatic amines is 1. The lowest BCUT2D eigenvalue weighted by Crippen LogP contribution is -2.56. The molecule has 0 radical (unpaired) electrons. The van der Waals surface area contributed by atoms with E-state index in [2.05, 4.69) is 38.9 Å². The Bertz CT molecular complexity index is 1630. The first-order valence-electron chi connectivity index (χ1n) is 13.1. The number of benzene rings is 1. The number of hydrogen-bond acceptors (Lipinski definition) is 9. The number of fused-ring (bicyclic) bond motifs is 2. The molecule has 14 heteroatoms. The van der Waals surface area contributed by atoms with Crippen LogP contribution in [0.4, 0.5) is 0 Å². The third-order valence-corrected chi connectivity index (χ3v) is 10.6. The molecule has 0 spiro atoms. The first kappa shape index (κ1) is 27.1. The number of amides is 1. The summed E-state index contributed by atoms with van der Waals surface area (Å²) in [6, 6.07) is 6.87. The van der Waals surface area contributed by atoms with Crippen LogP contribution in [0, 0.1) is 12.3 Å². The fourth-order valence-corrected chi connectivity index (χ4v) is 8.04. The van der Waals surface area contributed by atoms with Crippen molar-refractivity contribution in [3.05, 3.63) is 45.4 Å². The molecule has 3 unspecified atom stereocenters. The molecule has 6 rings (SSSR count). The van der Waals surface area contributed by atoms with E-state index >= 15 is 0 Å². The van der Waals surface area contributed by atoms with Gasteiger partial charge in [-0.1, -0.05) is 5.92 Å². The van der Waals surface area contributed by atoms with Crippen LogP contribution >= 0.6 is 23.6 Å². The lowest BCUT2D eigenvalue weighted by Gasteiger charge is -2.40. The zero-order valence-corrected chi connectivity index (χ0v) is 24.2. The maximum atomic E-state index is 13.7. The zero-order valence-electron chi connectivity index (χ0n) is 21.8. The molecule has 0 bridgehead atoms. The van der Waals surface area contributed by atoms with Crippen molar-refractivity contribution in [1.29, 1.82) is 0 Å². The molecule has 0 aliphatic carbocycles. The standard InChI is InChI=1S/C26H29N7O4S3/c1-3-16-4-6-19-17(11-16)12-23(28-19)40(35,36)32-8-9-33(18(14-32)5-7-22-30-26(38)37-31-22)25(34)24-29-20-10-15(2)27-13-21(20)39-24/h1,4,6,11-12,15,18,22,27-28,31H,5,7-10,13-14H2,2H3,(H,30,38). The Morgan fingerprint density at radius 2 is 2.15 bits per heavy atom. The van der Waals surface area contributed by atoms with Gasteiger partial charge < -0.3 is 25.4 Å². The van der Waals surface area contributed by atoms with Gasteiger partial charge >= 0.3 is 0 Å². The van der Waals surface area contributed by atoms with E-state index in [1.54, 1.807) is 29.2 Å².